The molecule has 84 valence electrons. The Morgan fingerprint density at radius 2 is 2.12 bits per heavy atom. The molecule has 4 heteroatoms. The van der Waals surface area contributed by atoms with Gasteiger partial charge in [0.1, 0.15) is 5.76 Å². The van der Waals surface area contributed by atoms with E-state index < -0.39 is 5.76 Å². The molecule has 0 amide bonds. The Hall–Kier alpha value is -1.48. The summed E-state index contributed by atoms with van der Waals surface area (Å²) < 4.78 is 5.12. The molecular weight excluding hydrogens is 226 g/mol. The lowest BCUT2D eigenvalue weighted by Gasteiger charge is -2.04. The predicted molar refractivity (Wildman–Crippen MR) is 63.9 cm³/mol. The number of halogens is 1. The van der Waals surface area contributed by atoms with E-state index in [9.17, 15) is 4.79 Å². The zero-order valence-electron chi connectivity index (χ0n) is 9.08. The number of benzene rings is 1. The van der Waals surface area contributed by atoms with Crippen molar-refractivity contribution in [2.24, 2.45) is 0 Å². The van der Waals surface area contributed by atoms with E-state index in [1.165, 1.54) is 0 Å². The highest BCUT2D eigenvalue weighted by molar-refractivity contribution is 6.30. The Morgan fingerprint density at radius 1 is 1.38 bits per heavy atom. The molecule has 16 heavy (non-hydrogen) atoms. The van der Waals surface area contributed by atoms with Gasteiger partial charge in [-0.05, 0) is 12.1 Å². The highest BCUT2D eigenvalue weighted by Crippen LogP contribution is 2.27. The van der Waals surface area contributed by atoms with Crippen LogP contribution in [0.25, 0.3) is 11.3 Å². The topological polar surface area (TPSA) is 46.0 Å². The maximum Gasteiger partial charge on any atom is 0.416 e. The number of aromatic nitrogens is 1. The van der Waals surface area contributed by atoms with Gasteiger partial charge in [-0.15, -0.1) is 0 Å². The van der Waals surface area contributed by atoms with Gasteiger partial charge in [-0.1, -0.05) is 37.6 Å². The Morgan fingerprint density at radius 3 is 2.75 bits per heavy atom. The second-order valence-corrected chi connectivity index (χ2v) is 4.36. The van der Waals surface area contributed by atoms with Gasteiger partial charge < -0.3 is 4.42 Å². The number of rotatable bonds is 2. The van der Waals surface area contributed by atoms with Gasteiger partial charge in [0.2, 0.25) is 0 Å². The van der Waals surface area contributed by atoms with E-state index in [1.54, 1.807) is 12.1 Å². The van der Waals surface area contributed by atoms with Crippen molar-refractivity contribution < 1.29 is 4.42 Å². The zero-order chi connectivity index (χ0) is 11.7. The molecule has 0 aliphatic carbocycles. The third kappa shape index (κ3) is 2.04. The van der Waals surface area contributed by atoms with Crippen molar-refractivity contribution in [2.75, 3.05) is 0 Å². The van der Waals surface area contributed by atoms with E-state index in [0.29, 0.717) is 16.5 Å². The third-order valence-corrected chi connectivity index (χ3v) is 2.55. The van der Waals surface area contributed by atoms with E-state index in [0.717, 1.165) is 5.56 Å². The zero-order valence-corrected chi connectivity index (χ0v) is 9.84. The standard InChI is InChI=1S/C12H12ClNO2/c1-7(2)11-10(14-12(15)16-11)8-4-3-5-9(13)6-8/h3-7H,1-2H3,(H,14,15). The van der Waals surface area contributed by atoms with Crippen LogP contribution in [0.15, 0.2) is 33.5 Å². The highest BCUT2D eigenvalue weighted by Gasteiger charge is 2.15. The van der Waals surface area contributed by atoms with Crippen LogP contribution in [0.4, 0.5) is 0 Å². The Labute approximate surface area is 98.1 Å². The first-order valence-corrected chi connectivity index (χ1v) is 5.44. The van der Waals surface area contributed by atoms with Crippen molar-refractivity contribution in [1.82, 2.24) is 4.98 Å². The maximum atomic E-state index is 11.2. The largest absolute Gasteiger partial charge is 0.416 e. The minimum absolute atomic E-state index is 0.146. The number of hydrogen-bond donors (Lipinski definition) is 1. The molecule has 0 saturated heterocycles. The van der Waals surface area contributed by atoms with Crippen LogP contribution >= 0.6 is 11.6 Å². The number of nitrogens with one attached hydrogen (secondary N) is 1. The van der Waals surface area contributed by atoms with Gasteiger partial charge in [-0.2, -0.15) is 0 Å². The normalized spacial score (nSPS) is 11.0. The molecular formula is C12H12ClNO2. The molecule has 3 nitrogen and oxygen atoms in total. The molecule has 1 N–H and O–H groups in total. The van der Waals surface area contributed by atoms with Crippen molar-refractivity contribution in [1.29, 1.82) is 0 Å². The highest BCUT2D eigenvalue weighted by atomic mass is 35.5. The summed E-state index contributed by atoms with van der Waals surface area (Å²) in [6, 6.07) is 7.32. The molecule has 0 aliphatic heterocycles. The molecule has 0 spiro atoms. The van der Waals surface area contributed by atoms with Crippen LogP contribution in [0.1, 0.15) is 25.5 Å². The monoisotopic (exact) mass is 237 g/mol. The first-order chi connectivity index (χ1) is 7.58. The van der Waals surface area contributed by atoms with E-state index in [4.69, 9.17) is 16.0 Å². The van der Waals surface area contributed by atoms with Crippen LogP contribution in [0.2, 0.25) is 5.02 Å². The summed E-state index contributed by atoms with van der Waals surface area (Å²) in [5.41, 5.74) is 1.57. The van der Waals surface area contributed by atoms with Gasteiger partial charge in [0.15, 0.2) is 0 Å². The molecule has 1 aromatic carbocycles. The smallest absolute Gasteiger partial charge is 0.412 e. The fourth-order valence-electron chi connectivity index (χ4n) is 1.61. The number of hydrogen-bond acceptors (Lipinski definition) is 2. The lowest BCUT2D eigenvalue weighted by Crippen LogP contribution is -1.94. The van der Waals surface area contributed by atoms with Crippen LogP contribution in [-0.2, 0) is 0 Å². The van der Waals surface area contributed by atoms with Gasteiger partial charge >= 0.3 is 5.76 Å². The van der Waals surface area contributed by atoms with Gasteiger partial charge in [0, 0.05) is 16.5 Å². The van der Waals surface area contributed by atoms with Crippen molar-refractivity contribution in [2.45, 2.75) is 19.8 Å². The molecule has 1 heterocycles. The SMILES string of the molecule is CC(C)c1oc(=O)[nH]c1-c1cccc(Cl)c1. The summed E-state index contributed by atoms with van der Waals surface area (Å²) >= 11 is 5.91. The average Bonchev–Trinajstić information content (AvgIpc) is 2.60. The fraction of sp³-hybridized carbons (Fsp3) is 0.250. The van der Waals surface area contributed by atoms with Crippen LogP contribution in [-0.4, -0.2) is 4.98 Å². The lowest BCUT2D eigenvalue weighted by molar-refractivity contribution is 0.451. The maximum absolute atomic E-state index is 11.2. The van der Waals surface area contributed by atoms with Crippen molar-refractivity contribution in [3.05, 3.63) is 45.6 Å². The van der Waals surface area contributed by atoms with E-state index in [1.807, 2.05) is 26.0 Å². The first-order valence-electron chi connectivity index (χ1n) is 5.07. The summed E-state index contributed by atoms with van der Waals surface area (Å²) in [7, 11) is 0. The van der Waals surface area contributed by atoms with Crippen LogP contribution in [0.5, 0.6) is 0 Å². The fourth-order valence-corrected chi connectivity index (χ4v) is 1.80. The van der Waals surface area contributed by atoms with E-state index in [-0.39, 0.29) is 5.92 Å². The molecule has 2 aromatic rings. The number of oxazole rings is 1. The van der Waals surface area contributed by atoms with Gasteiger partial charge in [-0.25, -0.2) is 4.79 Å². The van der Waals surface area contributed by atoms with Crippen molar-refractivity contribution >= 4 is 11.6 Å². The quantitative estimate of drug-likeness (QED) is 0.870. The second kappa shape index (κ2) is 4.18. The van der Waals surface area contributed by atoms with E-state index >= 15 is 0 Å². The minimum Gasteiger partial charge on any atom is -0.412 e. The summed E-state index contributed by atoms with van der Waals surface area (Å²) in [6.45, 7) is 3.94. The average molecular weight is 238 g/mol. The van der Waals surface area contributed by atoms with Crippen molar-refractivity contribution in [3.63, 3.8) is 0 Å². The Bertz CT molecular complexity index is 554. The summed E-state index contributed by atoms with van der Waals surface area (Å²) in [4.78, 5) is 13.9. The van der Waals surface area contributed by atoms with Crippen LogP contribution < -0.4 is 5.76 Å². The molecule has 0 bridgehead atoms. The minimum atomic E-state index is -0.432. The molecule has 1 aromatic heterocycles. The summed E-state index contributed by atoms with van der Waals surface area (Å²) in [5, 5.41) is 0.634. The molecule has 0 radical (unpaired) electrons. The second-order valence-electron chi connectivity index (χ2n) is 3.92. The van der Waals surface area contributed by atoms with Gasteiger partial charge in [0.05, 0.1) is 5.69 Å². The molecule has 0 unspecified atom stereocenters. The van der Waals surface area contributed by atoms with Gasteiger partial charge in [0.25, 0.3) is 0 Å². The third-order valence-electron chi connectivity index (χ3n) is 2.31. The van der Waals surface area contributed by atoms with Crippen molar-refractivity contribution in [3.8, 4) is 11.3 Å². The molecule has 2 rings (SSSR count). The number of aromatic amines is 1. The van der Waals surface area contributed by atoms with E-state index in [2.05, 4.69) is 4.98 Å². The number of H-pyrrole nitrogens is 1. The van der Waals surface area contributed by atoms with Crippen LogP contribution in [0.3, 0.4) is 0 Å². The van der Waals surface area contributed by atoms with Crippen LogP contribution in [0, 0.1) is 0 Å². The summed E-state index contributed by atoms with van der Waals surface area (Å²) in [6.07, 6.45) is 0. The predicted octanol–water partition coefficient (Wildman–Crippen LogP) is 3.41. The molecule has 0 atom stereocenters. The lowest BCUT2D eigenvalue weighted by atomic mass is 10.0. The molecule has 0 fully saturated rings. The first kappa shape index (κ1) is 11.0. The Kier molecular flexibility index (Phi) is 2.88. The molecule has 0 saturated carbocycles. The summed E-state index contributed by atoms with van der Waals surface area (Å²) in [5.74, 6) is 0.374. The Balaban J connectivity index is 2.59. The van der Waals surface area contributed by atoms with Gasteiger partial charge in [-0.3, -0.25) is 4.98 Å². The molecule has 0 aliphatic rings.